The van der Waals surface area contributed by atoms with Crippen LogP contribution in [0.1, 0.15) is 29.6 Å². The second-order valence-corrected chi connectivity index (χ2v) is 4.07. The van der Waals surface area contributed by atoms with Crippen molar-refractivity contribution in [3.63, 3.8) is 0 Å². The van der Waals surface area contributed by atoms with Crippen LogP contribution < -0.4 is 5.32 Å². The molecule has 0 aromatic carbocycles. The Morgan fingerprint density at radius 3 is 3.06 bits per heavy atom. The number of aromatic nitrogens is 1. The van der Waals surface area contributed by atoms with Gasteiger partial charge in [-0.15, -0.1) is 0 Å². The molecule has 0 saturated carbocycles. The summed E-state index contributed by atoms with van der Waals surface area (Å²) >= 11 is 0. The van der Waals surface area contributed by atoms with Crippen molar-refractivity contribution in [1.29, 1.82) is 0 Å². The molecule has 16 heavy (non-hydrogen) atoms. The second kappa shape index (κ2) is 4.65. The third-order valence-corrected chi connectivity index (χ3v) is 2.92. The van der Waals surface area contributed by atoms with Gasteiger partial charge in [-0.25, -0.2) is 0 Å². The van der Waals surface area contributed by atoms with Crippen molar-refractivity contribution in [3.05, 3.63) is 17.5 Å². The first kappa shape index (κ1) is 11.1. The molecule has 2 rings (SSSR count). The largest absolute Gasteiger partial charge is 0.351 e. The number of rotatable bonds is 3. The SMILES string of the molecule is CCN(C(=O)c1cc(C)no1)C1CCNC1. The Labute approximate surface area is 94.8 Å². The lowest BCUT2D eigenvalue weighted by Gasteiger charge is -2.25. The number of hydrogen-bond acceptors (Lipinski definition) is 4. The normalized spacial score (nSPS) is 20.0. The van der Waals surface area contributed by atoms with E-state index < -0.39 is 0 Å². The molecule has 88 valence electrons. The molecular formula is C11H17N3O2. The van der Waals surface area contributed by atoms with Gasteiger partial charge >= 0.3 is 0 Å². The molecule has 1 atom stereocenters. The fraction of sp³-hybridized carbons (Fsp3) is 0.636. The first-order valence-electron chi connectivity index (χ1n) is 5.67. The van der Waals surface area contributed by atoms with E-state index in [9.17, 15) is 4.79 Å². The van der Waals surface area contributed by atoms with Gasteiger partial charge in [0.2, 0.25) is 5.76 Å². The summed E-state index contributed by atoms with van der Waals surface area (Å²) in [7, 11) is 0. The van der Waals surface area contributed by atoms with Crippen LogP contribution in [0.25, 0.3) is 0 Å². The first-order valence-corrected chi connectivity index (χ1v) is 5.67. The van der Waals surface area contributed by atoms with Crippen molar-refractivity contribution in [2.75, 3.05) is 19.6 Å². The molecular weight excluding hydrogens is 206 g/mol. The number of likely N-dealkylation sites (N-methyl/N-ethyl adjacent to an activating group) is 1. The minimum Gasteiger partial charge on any atom is -0.351 e. The van der Waals surface area contributed by atoms with Crippen LogP contribution in [0.4, 0.5) is 0 Å². The fourth-order valence-electron chi connectivity index (χ4n) is 2.08. The lowest BCUT2D eigenvalue weighted by molar-refractivity contribution is 0.0661. The van der Waals surface area contributed by atoms with Gasteiger partial charge in [0.15, 0.2) is 0 Å². The fourth-order valence-corrected chi connectivity index (χ4v) is 2.08. The summed E-state index contributed by atoms with van der Waals surface area (Å²) in [6.07, 6.45) is 1.01. The molecule has 1 N–H and O–H groups in total. The zero-order valence-corrected chi connectivity index (χ0v) is 9.69. The van der Waals surface area contributed by atoms with E-state index in [2.05, 4.69) is 10.5 Å². The maximum absolute atomic E-state index is 12.1. The minimum absolute atomic E-state index is 0.0585. The molecule has 1 amide bonds. The molecule has 1 aliphatic heterocycles. The second-order valence-electron chi connectivity index (χ2n) is 4.07. The highest BCUT2D eigenvalue weighted by Crippen LogP contribution is 2.13. The molecule has 1 fully saturated rings. The summed E-state index contributed by atoms with van der Waals surface area (Å²) in [6, 6.07) is 1.97. The number of nitrogens with zero attached hydrogens (tertiary/aromatic N) is 2. The van der Waals surface area contributed by atoms with E-state index in [-0.39, 0.29) is 11.9 Å². The molecule has 0 radical (unpaired) electrons. The average molecular weight is 223 g/mol. The van der Waals surface area contributed by atoms with Crippen LogP contribution in [0.2, 0.25) is 0 Å². The highest BCUT2D eigenvalue weighted by Gasteiger charge is 2.27. The van der Waals surface area contributed by atoms with Crippen molar-refractivity contribution in [2.45, 2.75) is 26.3 Å². The Morgan fingerprint density at radius 1 is 1.75 bits per heavy atom. The number of carbonyl (C=O) groups excluding carboxylic acids is 1. The maximum atomic E-state index is 12.1. The molecule has 1 aromatic rings. The summed E-state index contributed by atoms with van der Waals surface area (Å²) in [4.78, 5) is 14.0. The van der Waals surface area contributed by atoms with Crippen molar-refractivity contribution in [3.8, 4) is 0 Å². The van der Waals surface area contributed by atoms with Crippen LogP contribution in [0.15, 0.2) is 10.6 Å². The summed E-state index contributed by atoms with van der Waals surface area (Å²) in [5.74, 6) is 0.281. The molecule has 5 nitrogen and oxygen atoms in total. The Kier molecular flexibility index (Phi) is 3.24. The van der Waals surface area contributed by atoms with Crippen LogP contribution >= 0.6 is 0 Å². The van der Waals surface area contributed by atoms with Gasteiger partial charge in [0.1, 0.15) is 0 Å². The van der Waals surface area contributed by atoms with Gasteiger partial charge in [-0.05, 0) is 26.8 Å². The van der Waals surface area contributed by atoms with Gasteiger partial charge in [-0.1, -0.05) is 5.16 Å². The highest BCUT2D eigenvalue weighted by molar-refractivity contribution is 5.91. The Hall–Kier alpha value is -1.36. The molecule has 1 saturated heterocycles. The summed E-state index contributed by atoms with van der Waals surface area (Å²) in [6.45, 7) is 6.34. The van der Waals surface area contributed by atoms with Crippen LogP contribution in [0.3, 0.4) is 0 Å². The highest BCUT2D eigenvalue weighted by atomic mass is 16.5. The molecule has 1 aliphatic rings. The van der Waals surface area contributed by atoms with E-state index in [1.807, 2.05) is 18.7 Å². The number of amides is 1. The van der Waals surface area contributed by atoms with Crippen molar-refractivity contribution in [1.82, 2.24) is 15.4 Å². The van der Waals surface area contributed by atoms with Crippen LogP contribution in [-0.4, -0.2) is 41.6 Å². The molecule has 2 heterocycles. The number of aryl methyl sites for hydroxylation is 1. The number of nitrogens with one attached hydrogen (secondary N) is 1. The molecule has 1 unspecified atom stereocenters. The average Bonchev–Trinajstić information content (AvgIpc) is 2.90. The third kappa shape index (κ3) is 2.09. The number of carbonyl (C=O) groups is 1. The monoisotopic (exact) mass is 223 g/mol. The van der Waals surface area contributed by atoms with Crippen LogP contribution in [0, 0.1) is 6.92 Å². The van der Waals surface area contributed by atoms with Gasteiger partial charge < -0.3 is 14.7 Å². The van der Waals surface area contributed by atoms with E-state index in [0.717, 1.165) is 25.2 Å². The van der Waals surface area contributed by atoms with E-state index >= 15 is 0 Å². The lowest BCUT2D eigenvalue weighted by atomic mass is 10.2. The molecule has 0 spiro atoms. The number of hydrogen-bond donors (Lipinski definition) is 1. The molecule has 0 aliphatic carbocycles. The Bertz CT molecular complexity index is 369. The predicted molar refractivity (Wildman–Crippen MR) is 59.2 cm³/mol. The molecule has 0 bridgehead atoms. The van der Waals surface area contributed by atoms with E-state index in [0.29, 0.717) is 12.3 Å². The van der Waals surface area contributed by atoms with Gasteiger partial charge in [0.05, 0.1) is 5.69 Å². The molecule has 5 heteroatoms. The lowest BCUT2D eigenvalue weighted by Crippen LogP contribution is -2.41. The van der Waals surface area contributed by atoms with E-state index in [1.165, 1.54) is 0 Å². The van der Waals surface area contributed by atoms with Crippen LogP contribution in [-0.2, 0) is 0 Å². The summed E-state index contributed by atoms with van der Waals surface area (Å²) < 4.78 is 5.01. The van der Waals surface area contributed by atoms with Gasteiger partial charge in [0.25, 0.3) is 5.91 Å². The van der Waals surface area contributed by atoms with Crippen LogP contribution in [0.5, 0.6) is 0 Å². The summed E-state index contributed by atoms with van der Waals surface area (Å²) in [5, 5.41) is 7.00. The first-order chi connectivity index (χ1) is 7.72. The van der Waals surface area contributed by atoms with Crippen molar-refractivity contribution >= 4 is 5.91 Å². The third-order valence-electron chi connectivity index (χ3n) is 2.92. The summed E-state index contributed by atoms with van der Waals surface area (Å²) in [5.41, 5.74) is 0.740. The smallest absolute Gasteiger partial charge is 0.292 e. The van der Waals surface area contributed by atoms with Crippen molar-refractivity contribution in [2.24, 2.45) is 0 Å². The quantitative estimate of drug-likeness (QED) is 0.823. The van der Waals surface area contributed by atoms with E-state index in [4.69, 9.17) is 4.52 Å². The Morgan fingerprint density at radius 2 is 2.56 bits per heavy atom. The van der Waals surface area contributed by atoms with Gasteiger partial charge in [-0.3, -0.25) is 4.79 Å². The minimum atomic E-state index is -0.0585. The zero-order chi connectivity index (χ0) is 11.5. The molecule has 1 aromatic heterocycles. The van der Waals surface area contributed by atoms with E-state index in [1.54, 1.807) is 6.07 Å². The van der Waals surface area contributed by atoms with Gasteiger partial charge in [0, 0.05) is 25.2 Å². The Balaban J connectivity index is 2.11. The standard InChI is InChI=1S/C11H17N3O2/c1-3-14(9-4-5-12-7-9)11(15)10-6-8(2)13-16-10/h6,9,12H,3-5,7H2,1-2H3. The maximum Gasteiger partial charge on any atom is 0.292 e. The van der Waals surface area contributed by atoms with Gasteiger partial charge in [-0.2, -0.15) is 0 Å². The topological polar surface area (TPSA) is 58.4 Å². The van der Waals surface area contributed by atoms with Crippen molar-refractivity contribution < 1.29 is 9.32 Å². The predicted octanol–water partition coefficient (Wildman–Crippen LogP) is 0.807. The zero-order valence-electron chi connectivity index (χ0n) is 9.69.